The van der Waals surface area contributed by atoms with Gasteiger partial charge in [0.25, 0.3) is 5.91 Å². The monoisotopic (exact) mass is 386 g/mol. The lowest BCUT2D eigenvalue weighted by atomic mass is 10.0. The van der Waals surface area contributed by atoms with Gasteiger partial charge in [0.1, 0.15) is 6.04 Å². The van der Waals surface area contributed by atoms with E-state index in [0.717, 1.165) is 5.56 Å². The zero-order valence-corrected chi connectivity index (χ0v) is 16.5. The van der Waals surface area contributed by atoms with Crippen LogP contribution in [-0.2, 0) is 11.2 Å². The summed E-state index contributed by atoms with van der Waals surface area (Å²) in [6.07, 6.45) is 0.435. The van der Waals surface area contributed by atoms with Crippen LogP contribution >= 0.6 is 0 Å². The Hall–Kier alpha value is -3.40. The summed E-state index contributed by atoms with van der Waals surface area (Å²) >= 11 is 0. The topological polar surface area (TPSA) is 58.2 Å². The van der Waals surface area contributed by atoms with E-state index in [2.05, 4.69) is 29.7 Å². The van der Waals surface area contributed by atoms with Crippen LogP contribution in [-0.4, -0.2) is 24.4 Å². The van der Waals surface area contributed by atoms with Crippen LogP contribution in [0.5, 0.6) is 0 Å². The van der Waals surface area contributed by atoms with Crippen LogP contribution in [0.4, 0.5) is 0 Å². The van der Waals surface area contributed by atoms with Crippen LogP contribution in [0, 0.1) is 0 Å². The first-order valence-corrected chi connectivity index (χ1v) is 9.86. The van der Waals surface area contributed by atoms with E-state index in [9.17, 15) is 9.59 Å². The highest BCUT2D eigenvalue weighted by Gasteiger charge is 2.22. The average molecular weight is 386 g/mol. The Balaban J connectivity index is 1.68. The summed E-state index contributed by atoms with van der Waals surface area (Å²) in [7, 11) is 0. The van der Waals surface area contributed by atoms with Crippen molar-refractivity contribution >= 4 is 11.8 Å². The Morgan fingerprint density at radius 1 is 0.793 bits per heavy atom. The van der Waals surface area contributed by atoms with E-state index in [1.54, 1.807) is 12.1 Å². The molecular formula is C25H26N2O2. The molecule has 0 heterocycles. The van der Waals surface area contributed by atoms with Gasteiger partial charge in [0.2, 0.25) is 5.91 Å². The zero-order valence-electron chi connectivity index (χ0n) is 16.5. The largest absolute Gasteiger partial charge is 0.354 e. The maximum atomic E-state index is 12.9. The molecule has 0 aliphatic rings. The number of rotatable bonds is 8. The van der Waals surface area contributed by atoms with E-state index in [1.807, 2.05) is 66.7 Å². The summed E-state index contributed by atoms with van der Waals surface area (Å²) in [5.41, 5.74) is 2.70. The molecule has 2 N–H and O–H groups in total. The minimum Gasteiger partial charge on any atom is -0.354 e. The molecule has 3 rings (SSSR count). The molecule has 0 saturated heterocycles. The maximum Gasteiger partial charge on any atom is 0.251 e. The molecule has 0 unspecified atom stereocenters. The second-order valence-electron chi connectivity index (χ2n) is 7.14. The number of hydrogen-bond acceptors (Lipinski definition) is 2. The van der Waals surface area contributed by atoms with Gasteiger partial charge in [-0.2, -0.15) is 0 Å². The van der Waals surface area contributed by atoms with E-state index < -0.39 is 6.04 Å². The van der Waals surface area contributed by atoms with Gasteiger partial charge in [0.15, 0.2) is 0 Å². The van der Waals surface area contributed by atoms with Crippen molar-refractivity contribution in [3.05, 3.63) is 108 Å². The summed E-state index contributed by atoms with van der Waals surface area (Å²) in [6.45, 7) is 2.58. The number of benzene rings is 3. The molecule has 0 fully saturated rings. The number of carbonyl (C=O) groups is 2. The third kappa shape index (κ3) is 6.04. The summed E-state index contributed by atoms with van der Waals surface area (Å²) in [5.74, 6) is -0.249. The van der Waals surface area contributed by atoms with Crippen LogP contribution in [0.15, 0.2) is 91.0 Å². The first kappa shape index (κ1) is 20.3. The lowest BCUT2D eigenvalue weighted by molar-refractivity contribution is -0.123. The number of carbonyl (C=O) groups excluding carboxylic acids is 2. The lowest BCUT2D eigenvalue weighted by Crippen LogP contribution is -2.48. The minimum absolute atomic E-state index is 0.180. The first-order chi connectivity index (χ1) is 14.1. The highest BCUT2D eigenvalue weighted by molar-refractivity contribution is 5.97. The van der Waals surface area contributed by atoms with Gasteiger partial charge in [-0.25, -0.2) is 0 Å². The van der Waals surface area contributed by atoms with Gasteiger partial charge in [-0.3, -0.25) is 9.59 Å². The summed E-state index contributed by atoms with van der Waals surface area (Å²) < 4.78 is 0. The quantitative estimate of drug-likeness (QED) is 0.616. The molecule has 0 saturated carbocycles. The van der Waals surface area contributed by atoms with Crippen molar-refractivity contribution in [2.75, 3.05) is 6.54 Å². The van der Waals surface area contributed by atoms with Gasteiger partial charge < -0.3 is 10.6 Å². The highest BCUT2D eigenvalue weighted by Crippen LogP contribution is 2.13. The number of nitrogens with one attached hydrogen (secondary N) is 2. The molecule has 2 amide bonds. The summed E-state index contributed by atoms with van der Waals surface area (Å²) in [4.78, 5) is 25.5. The Morgan fingerprint density at radius 3 is 1.97 bits per heavy atom. The van der Waals surface area contributed by atoms with Crippen molar-refractivity contribution < 1.29 is 9.59 Å². The molecule has 2 atom stereocenters. The van der Waals surface area contributed by atoms with Crippen LogP contribution in [0.1, 0.15) is 34.3 Å². The second-order valence-corrected chi connectivity index (χ2v) is 7.14. The van der Waals surface area contributed by atoms with Gasteiger partial charge in [-0.1, -0.05) is 85.8 Å². The number of hydrogen-bond donors (Lipinski definition) is 2. The molecule has 0 aromatic heterocycles. The molecule has 3 aromatic carbocycles. The van der Waals surface area contributed by atoms with Gasteiger partial charge >= 0.3 is 0 Å². The molecule has 0 radical (unpaired) electrons. The second kappa shape index (κ2) is 10.2. The molecule has 0 spiro atoms. The predicted octanol–water partition coefficient (Wildman–Crippen LogP) is 3.95. The van der Waals surface area contributed by atoms with Crippen LogP contribution in [0.25, 0.3) is 0 Å². The van der Waals surface area contributed by atoms with Crippen molar-refractivity contribution in [1.82, 2.24) is 10.6 Å². The van der Waals surface area contributed by atoms with Crippen molar-refractivity contribution in [1.29, 1.82) is 0 Å². The Kier molecular flexibility index (Phi) is 7.17. The van der Waals surface area contributed by atoms with E-state index in [4.69, 9.17) is 0 Å². The smallest absolute Gasteiger partial charge is 0.251 e. The molecule has 4 heteroatoms. The van der Waals surface area contributed by atoms with E-state index in [1.165, 1.54) is 5.56 Å². The van der Waals surface area contributed by atoms with Crippen molar-refractivity contribution in [2.24, 2.45) is 0 Å². The Labute approximate surface area is 172 Å². The molecular weight excluding hydrogens is 360 g/mol. The number of amides is 2. The fraction of sp³-hybridized carbons (Fsp3) is 0.200. The Bertz CT molecular complexity index is 911. The molecule has 0 aliphatic carbocycles. The van der Waals surface area contributed by atoms with Crippen molar-refractivity contribution in [2.45, 2.75) is 25.3 Å². The third-order valence-corrected chi connectivity index (χ3v) is 4.89. The zero-order chi connectivity index (χ0) is 20.5. The van der Waals surface area contributed by atoms with Crippen LogP contribution in [0.3, 0.4) is 0 Å². The molecule has 3 aromatic rings. The van der Waals surface area contributed by atoms with E-state index in [0.29, 0.717) is 18.5 Å². The molecule has 0 bridgehead atoms. The Morgan fingerprint density at radius 2 is 1.34 bits per heavy atom. The van der Waals surface area contributed by atoms with Gasteiger partial charge in [-0.05, 0) is 29.2 Å². The molecule has 29 heavy (non-hydrogen) atoms. The SMILES string of the molecule is C[C@H](CNC(=O)[C@H](Cc1ccccc1)NC(=O)c1ccccc1)c1ccccc1. The predicted molar refractivity (Wildman–Crippen MR) is 116 cm³/mol. The van der Waals surface area contributed by atoms with Crippen molar-refractivity contribution in [3.63, 3.8) is 0 Å². The normalized spacial score (nSPS) is 12.6. The third-order valence-electron chi connectivity index (χ3n) is 4.89. The average Bonchev–Trinajstić information content (AvgIpc) is 2.78. The minimum atomic E-state index is -0.645. The van der Waals surface area contributed by atoms with Gasteiger partial charge in [-0.15, -0.1) is 0 Å². The molecule has 148 valence electrons. The molecule has 4 nitrogen and oxygen atoms in total. The summed E-state index contributed by atoms with van der Waals surface area (Å²) in [6, 6.07) is 28.1. The molecule has 0 aliphatic heterocycles. The van der Waals surface area contributed by atoms with Crippen LogP contribution < -0.4 is 10.6 Å². The maximum absolute atomic E-state index is 12.9. The summed E-state index contributed by atoms with van der Waals surface area (Å²) in [5, 5.41) is 5.90. The lowest BCUT2D eigenvalue weighted by Gasteiger charge is -2.20. The van der Waals surface area contributed by atoms with E-state index >= 15 is 0 Å². The standard InChI is InChI=1S/C25H26N2O2/c1-19(21-13-7-3-8-14-21)18-26-25(29)23(17-20-11-5-2-6-12-20)27-24(28)22-15-9-4-10-16-22/h2-16,19,23H,17-18H2,1H3,(H,26,29)(H,27,28)/t19-,23+/m1/s1. The van der Waals surface area contributed by atoms with Gasteiger partial charge in [0.05, 0.1) is 0 Å². The fourth-order valence-electron chi connectivity index (χ4n) is 3.17. The highest BCUT2D eigenvalue weighted by atomic mass is 16.2. The fourth-order valence-corrected chi connectivity index (χ4v) is 3.17. The van der Waals surface area contributed by atoms with E-state index in [-0.39, 0.29) is 17.7 Å². The van der Waals surface area contributed by atoms with Crippen LogP contribution in [0.2, 0.25) is 0 Å². The van der Waals surface area contributed by atoms with Crippen molar-refractivity contribution in [3.8, 4) is 0 Å². The first-order valence-electron chi connectivity index (χ1n) is 9.86. The van der Waals surface area contributed by atoms with Gasteiger partial charge in [0, 0.05) is 18.5 Å².